The van der Waals surface area contributed by atoms with Gasteiger partial charge in [0, 0.05) is 6.54 Å². The average Bonchev–Trinajstić information content (AvgIpc) is 2.99. The van der Waals surface area contributed by atoms with Crippen LogP contribution >= 0.6 is 15.9 Å². The van der Waals surface area contributed by atoms with Crippen LogP contribution < -0.4 is 11.2 Å². The third-order valence-corrected chi connectivity index (χ3v) is 5.18. The van der Waals surface area contributed by atoms with Crippen LogP contribution in [0, 0.1) is 0 Å². The highest BCUT2D eigenvalue weighted by Crippen LogP contribution is 2.23. The number of ketones is 1. The third kappa shape index (κ3) is 3.41. The molecule has 1 atom stereocenters. The molecule has 27 heavy (non-hydrogen) atoms. The number of carbonyl (C=O) groups is 1. The summed E-state index contributed by atoms with van der Waals surface area (Å²) in [5, 5.41) is 0. The van der Waals surface area contributed by atoms with Crippen LogP contribution in [0.4, 0.5) is 0 Å². The summed E-state index contributed by atoms with van der Waals surface area (Å²) < 4.78 is 4.64. The molecule has 0 amide bonds. The predicted molar refractivity (Wildman–Crippen MR) is 107 cm³/mol. The summed E-state index contributed by atoms with van der Waals surface area (Å²) in [6.45, 7) is 5.68. The quantitative estimate of drug-likeness (QED) is 0.560. The number of rotatable bonds is 6. The number of hydrogen-bond donors (Lipinski definition) is 0. The molecule has 0 saturated heterocycles. The van der Waals surface area contributed by atoms with Crippen LogP contribution in [0.5, 0.6) is 0 Å². The van der Waals surface area contributed by atoms with Gasteiger partial charge in [-0.1, -0.05) is 37.3 Å². The van der Waals surface area contributed by atoms with Gasteiger partial charge in [0.15, 0.2) is 21.7 Å². The van der Waals surface area contributed by atoms with Gasteiger partial charge in [-0.25, -0.2) is 9.78 Å². The molecule has 0 saturated carbocycles. The second-order valence-corrected chi connectivity index (χ2v) is 7.23. The molecule has 0 aliphatic carbocycles. The average molecular weight is 433 g/mol. The van der Waals surface area contributed by atoms with Gasteiger partial charge in [0.2, 0.25) is 0 Å². The highest BCUT2D eigenvalue weighted by Gasteiger charge is 2.24. The van der Waals surface area contributed by atoms with Crippen molar-refractivity contribution < 1.29 is 4.79 Å². The van der Waals surface area contributed by atoms with E-state index < -0.39 is 17.3 Å². The molecule has 2 heterocycles. The van der Waals surface area contributed by atoms with Gasteiger partial charge in [-0.05, 0) is 41.8 Å². The first kappa shape index (κ1) is 19.3. The maximum absolute atomic E-state index is 13.1. The molecule has 0 fully saturated rings. The fraction of sp³-hybridized carbons (Fsp3) is 0.368. The van der Waals surface area contributed by atoms with Gasteiger partial charge < -0.3 is 4.57 Å². The van der Waals surface area contributed by atoms with E-state index in [9.17, 15) is 14.4 Å². The molecule has 7 nitrogen and oxygen atoms in total. The van der Waals surface area contributed by atoms with Crippen molar-refractivity contribution >= 4 is 32.9 Å². The van der Waals surface area contributed by atoms with Gasteiger partial charge >= 0.3 is 5.69 Å². The Morgan fingerprint density at radius 1 is 1.19 bits per heavy atom. The summed E-state index contributed by atoms with van der Waals surface area (Å²) in [6, 6.07) is 8.95. The van der Waals surface area contributed by atoms with E-state index in [0.717, 1.165) is 5.56 Å². The minimum absolute atomic E-state index is 0.0998. The summed E-state index contributed by atoms with van der Waals surface area (Å²) in [6.07, 6.45) is 0.642. The van der Waals surface area contributed by atoms with Crippen molar-refractivity contribution in [2.24, 2.45) is 0 Å². The molecule has 3 rings (SSSR count). The zero-order valence-corrected chi connectivity index (χ0v) is 17.1. The Morgan fingerprint density at radius 3 is 2.44 bits per heavy atom. The van der Waals surface area contributed by atoms with Crippen LogP contribution in [0.1, 0.15) is 38.8 Å². The molecule has 3 aromatic rings. The second-order valence-electron chi connectivity index (χ2n) is 6.52. The number of benzene rings is 1. The van der Waals surface area contributed by atoms with Crippen molar-refractivity contribution in [3.05, 3.63) is 61.5 Å². The first-order valence-corrected chi connectivity index (χ1v) is 9.61. The Labute approximate surface area is 164 Å². The van der Waals surface area contributed by atoms with Crippen LogP contribution in [0.3, 0.4) is 0 Å². The van der Waals surface area contributed by atoms with Crippen LogP contribution in [0.2, 0.25) is 0 Å². The second kappa shape index (κ2) is 7.64. The van der Waals surface area contributed by atoms with Crippen LogP contribution in [0.25, 0.3) is 11.2 Å². The number of fused-ring (bicyclic) bond motifs is 1. The molecule has 1 aromatic carbocycles. The number of hydrogen-bond acceptors (Lipinski definition) is 4. The number of imidazole rings is 1. The van der Waals surface area contributed by atoms with E-state index in [-0.39, 0.29) is 23.5 Å². The summed E-state index contributed by atoms with van der Waals surface area (Å²) in [4.78, 5) is 42.4. The molecule has 0 spiro atoms. The summed E-state index contributed by atoms with van der Waals surface area (Å²) >= 11 is 3.36. The van der Waals surface area contributed by atoms with Gasteiger partial charge in [-0.3, -0.25) is 18.7 Å². The van der Waals surface area contributed by atoms with Crippen molar-refractivity contribution in [2.75, 3.05) is 0 Å². The molecule has 0 N–H and O–H groups in total. The molecule has 2 aromatic heterocycles. The minimum atomic E-state index is -0.574. The van der Waals surface area contributed by atoms with Gasteiger partial charge in [0.05, 0.1) is 12.6 Å². The summed E-state index contributed by atoms with van der Waals surface area (Å²) in [5.41, 5.74) is 0.640. The highest BCUT2D eigenvalue weighted by atomic mass is 79.9. The van der Waals surface area contributed by atoms with E-state index in [2.05, 4.69) is 20.9 Å². The smallest absolute Gasteiger partial charge is 0.302 e. The number of halogens is 1. The monoisotopic (exact) mass is 432 g/mol. The Hall–Kier alpha value is -2.48. The number of Topliss-reactive ketones (excluding diaryl/α,β-unsaturated/α-hetero) is 1. The third-order valence-electron chi connectivity index (χ3n) is 4.62. The van der Waals surface area contributed by atoms with Crippen molar-refractivity contribution in [2.45, 2.75) is 46.3 Å². The van der Waals surface area contributed by atoms with Gasteiger partial charge in [-0.2, -0.15) is 0 Å². The summed E-state index contributed by atoms with van der Waals surface area (Å²) in [7, 11) is 0. The lowest BCUT2D eigenvalue weighted by Crippen LogP contribution is -2.41. The highest BCUT2D eigenvalue weighted by molar-refractivity contribution is 9.10. The molecule has 0 aliphatic heterocycles. The first-order chi connectivity index (χ1) is 12.9. The van der Waals surface area contributed by atoms with Crippen molar-refractivity contribution in [3.8, 4) is 0 Å². The van der Waals surface area contributed by atoms with Crippen LogP contribution in [0.15, 0.2) is 44.7 Å². The lowest BCUT2D eigenvalue weighted by Gasteiger charge is -2.14. The molecule has 0 radical (unpaired) electrons. The fourth-order valence-corrected chi connectivity index (χ4v) is 3.75. The Kier molecular flexibility index (Phi) is 5.46. The largest absolute Gasteiger partial charge is 0.333 e. The van der Waals surface area contributed by atoms with Gasteiger partial charge in [0.25, 0.3) is 5.56 Å². The molecule has 0 bridgehead atoms. The zero-order chi connectivity index (χ0) is 19.7. The fourth-order valence-electron chi connectivity index (χ4n) is 3.10. The number of aromatic nitrogens is 4. The molecular weight excluding hydrogens is 412 g/mol. The van der Waals surface area contributed by atoms with Crippen LogP contribution in [-0.4, -0.2) is 24.5 Å². The Bertz CT molecular complexity index is 1110. The molecule has 0 aliphatic rings. The van der Waals surface area contributed by atoms with Crippen molar-refractivity contribution in [1.82, 2.24) is 18.7 Å². The Morgan fingerprint density at radius 2 is 1.85 bits per heavy atom. The maximum Gasteiger partial charge on any atom is 0.333 e. The van der Waals surface area contributed by atoms with E-state index in [4.69, 9.17) is 0 Å². The van der Waals surface area contributed by atoms with E-state index >= 15 is 0 Å². The van der Waals surface area contributed by atoms with Gasteiger partial charge in [0.1, 0.15) is 0 Å². The molecule has 1 unspecified atom stereocenters. The van der Waals surface area contributed by atoms with E-state index in [1.807, 2.05) is 37.3 Å². The normalized spacial score (nSPS) is 12.4. The first-order valence-electron chi connectivity index (χ1n) is 8.82. The van der Waals surface area contributed by atoms with Gasteiger partial charge in [-0.15, -0.1) is 0 Å². The number of carbonyl (C=O) groups excluding carboxylic acids is 1. The Balaban J connectivity index is 2.38. The predicted octanol–water partition coefficient (Wildman–Crippen LogP) is 2.73. The van der Waals surface area contributed by atoms with E-state index in [1.54, 1.807) is 11.5 Å². The van der Waals surface area contributed by atoms with Crippen molar-refractivity contribution in [3.63, 3.8) is 0 Å². The molecular formula is C19H21BrN4O3. The topological polar surface area (TPSA) is 78.9 Å². The minimum Gasteiger partial charge on any atom is -0.302 e. The maximum atomic E-state index is 13.1. The molecule has 142 valence electrons. The lowest BCUT2D eigenvalue weighted by atomic mass is 10.2. The van der Waals surface area contributed by atoms with Crippen molar-refractivity contribution in [1.29, 1.82) is 0 Å². The summed E-state index contributed by atoms with van der Waals surface area (Å²) in [5.74, 6) is -0.0998. The lowest BCUT2D eigenvalue weighted by molar-refractivity contribution is -0.119. The zero-order valence-electron chi connectivity index (χ0n) is 15.5. The van der Waals surface area contributed by atoms with E-state index in [1.165, 1.54) is 16.1 Å². The van der Waals surface area contributed by atoms with Crippen LogP contribution in [-0.2, 0) is 17.9 Å². The SMILES string of the molecule is CCCn1c(=O)c2c(nc(Br)n2C(C)C(C)=O)n(Cc2ccccc2)c1=O. The number of nitrogens with zero attached hydrogens (tertiary/aromatic N) is 4. The van der Waals surface area contributed by atoms with E-state index in [0.29, 0.717) is 17.7 Å². The standard InChI is InChI=1S/C19H21BrN4O3/c1-4-10-22-17(26)15-16(21-18(20)24(15)12(2)13(3)25)23(19(22)27)11-14-8-6-5-7-9-14/h5-9,12H,4,10-11H2,1-3H3. The molecule has 8 heteroatoms.